The third-order valence-corrected chi connectivity index (χ3v) is 3.02. The van der Waals surface area contributed by atoms with Crippen LogP contribution in [-0.4, -0.2) is 28.6 Å². The zero-order chi connectivity index (χ0) is 13.6. The van der Waals surface area contributed by atoms with Gasteiger partial charge in [-0.2, -0.15) is 5.26 Å². The number of nitriles is 1. The SMILES string of the molecule is CC(C)(C)N(CCC#N)C[C@H](O)c1ccccc1. The Kier molecular flexibility index (Phi) is 5.33. The maximum atomic E-state index is 10.2. The van der Waals surface area contributed by atoms with Gasteiger partial charge in [-0.15, -0.1) is 0 Å². The minimum Gasteiger partial charge on any atom is -0.387 e. The Hall–Kier alpha value is -1.37. The molecule has 0 saturated carbocycles. The molecule has 3 heteroatoms. The lowest BCUT2D eigenvalue weighted by Crippen LogP contribution is -2.44. The average Bonchev–Trinajstić information content (AvgIpc) is 2.34. The molecule has 1 atom stereocenters. The monoisotopic (exact) mass is 246 g/mol. The summed E-state index contributed by atoms with van der Waals surface area (Å²) in [7, 11) is 0. The van der Waals surface area contributed by atoms with E-state index in [-0.39, 0.29) is 5.54 Å². The van der Waals surface area contributed by atoms with Crippen LogP contribution in [0.3, 0.4) is 0 Å². The molecule has 0 unspecified atom stereocenters. The van der Waals surface area contributed by atoms with Crippen LogP contribution >= 0.6 is 0 Å². The van der Waals surface area contributed by atoms with Crippen LogP contribution in [0.25, 0.3) is 0 Å². The van der Waals surface area contributed by atoms with E-state index >= 15 is 0 Å². The smallest absolute Gasteiger partial charge is 0.0917 e. The molecular weight excluding hydrogens is 224 g/mol. The van der Waals surface area contributed by atoms with Gasteiger partial charge in [0.2, 0.25) is 0 Å². The Labute approximate surface area is 110 Å². The Morgan fingerprint density at radius 2 is 1.89 bits per heavy atom. The van der Waals surface area contributed by atoms with Crippen molar-refractivity contribution in [3.8, 4) is 6.07 Å². The molecule has 1 rings (SSSR count). The van der Waals surface area contributed by atoms with Gasteiger partial charge in [0, 0.05) is 25.0 Å². The molecule has 0 aliphatic carbocycles. The lowest BCUT2D eigenvalue weighted by Gasteiger charge is -2.36. The van der Waals surface area contributed by atoms with Gasteiger partial charge in [0.1, 0.15) is 0 Å². The van der Waals surface area contributed by atoms with Crippen molar-refractivity contribution in [3.63, 3.8) is 0 Å². The zero-order valence-corrected chi connectivity index (χ0v) is 11.4. The third kappa shape index (κ3) is 4.48. The molecule has 18 heavy (non-hydrogen) atoms. The van der Waals surface area contributed by atoms with Crippen LogP contribution in [-0.2, 0) is 0 Å². The summed E-state index contributed by atoms with van der Waals surface area (Å²) in [6, 6.07) is 11.8. The van der Waals surface area contributed by atoms with Crippen molar-refractivity contribution >= 4 is 0 Å². The second-order valence-electron chi connectivity index (χ2n) is 5.45. The highest BCUT2D eigenvalue weighted by Gasteiger charge is 2.23. The van der Waals surface area contributed by atoms with Crippen molar-refractivity contribution in [2.24, 2.45) is 0 Å². The first-order chi connectivity index (χ1) is 8.45. The first-order valence-corrected chi connectivity index (χ1v) is 6.30. The van der Waals surface area contributed by atoms with Crippen molar-refractivity contribution in [2.45, 2.75) is 38.8 Å². The molecule has 0 radical (unpaired) electrons. The van der Waals surface area contributed by atoms with Crippen LogP contribution in [0.4, 0.5) is 0 Å². The van der Waals surface area contributed by atoms with E-state index in [4.69, 9.17) is 5.26 Å². The van der Waals surface area contributed by atoms with Gasteiger partial charge >= 0.3 is 0 Å². The first-order valence-electron chi connectivity index (χ1n) is 6.30. The molecule has 0 aliphatic heterocycles. The standard InChI is InChI=1S/C15H22N2O/c1-15(2,3)17(11-7-10-16)12-14(18)13-8-5-4-6-9-13/h4-6,8-9,14,18H,7,11-12H2,1-3H3/t14-/m0/s1. The molecule has 0 saturated heterocycles. The summed E-state index contributed by atoms with van der Waals surface area (Å²) >= 11 is 0. The lowest BCUT2D eigenvalue weighted by molar-refractivity contribution is 0.0599. The fourth-order valence-electron chi connectivity index (χ4n) is 1.87. The third-order valence-electron chi connectivity index (χ3n) is 3.02. The summed E-state index contributed by atoms with van der Waals surface area (Å²) in [4.78, 5) is 2.15. The topological polar surface area (TPSA) is 47.3 Å². The molecule has 0 fully saturated rings. The van der Waals surface area contributed by atoms with Gasteiger partial charge in [-0.3, -0.25) is 4.90 Å². The summed E-state index contributed by atoms with van der Waals surface area (Å²) in [5.74, 6) is 0. The van der Waals surface area contributed by atoms with Crippen LogP contribution in [0.5, 0.6) is 0 Å². The van der Waals surface area contributed by atoms with E-state index in [1.165, 1.54) is 0 Å². The van der Waals surface area contributed by atoms with Crippen molar-refractivity contribution < 1.29 is 5.11 Å². The van der Waals surface area contributed by atoms with Crippen molar-refractivity contribution in [3.05, 3.63) is 35.9 Å². The van der Waals surface area contributed by atoms with E-state index in [2.05, 4.69) is 31.7 Å². The van der Waals surface area contributed by atoms with Crippen molar-refractivity contribution in [2.75, 3.05) is 13.1 Å². The van der Waals surface area contributed by atoms with E-state index in [9.17, 15) is 5.11 Å². The molecule has 98 valence electrons. The predicted octanol–water partition coefficient (Wildman–Crippen LogP) is 2.73. The van der Waals surface area contributed by atoms with Crippen LogP contribution in [0, 0.1) is 11.3 Å². The summed E-state index contributed by atoms with van der Waals surface area (Å²) in [6.45, 7) is 7.53. The Morgan fingerprint density at radius 1 is 1.28 bits per heavy atom. The van der Waals surface area contributed by atoms with Crippen LogP contribution in [0.15, 0.2) is 30.3 Å². The molecule has 0 heterocycles. The van der Waals surface area contributed by atoms with E-state index in [0.29, 0.717) is 19.5 Å². The molecule has 1 N–H and O–H groups in total. The van der Waals surface area contributed by atoms with Gasteiger partial charge in [-0.25, -0.2) is 0 Å². The summed E-state index contributed by atoms with van der Waals surface area (Å²) in [5.41, 5.74) is 0.871. The molecule has 1 aromatic rings. The van der Waals surface area contributed by atoms with Crippen molar-refractivity contribution in [1.82, 2.24) is 4.90 Å². The second kappa shape index (κ2) is 6.53. The first kappa shape index (κ1) is 14.7. The van der Waals surface area contributed by atoms with Gasteiger partial charge in [0.25, 0.3) is 0 Å². The number of hydrogen-bond donors (Lipinski definition) is 1. The molecular formula is C15H22N2O. The quantitative estimate of drug-likeness (QED) is 0.869. The number of rotatable bonds is 5. The molecule has 0 bridgehead atoms. The van der Waals surface area contributed by atoms with Crippen LogP contribution in [0.2, 0.25) is 0 Å². The van der Waals surface area contributed by atoms with Gasteiger partial charge < -0.3 is 5.11 Å². The van der Waals surface area contributed by atoms with Gasteiger partial charge in [-0.05, 0) is 26.3 Å². The highest BCUT2D eigenvalue weighted by molar-refractivity contribution is 5.17. The number of aliphatic hydroxyl groups is 1. The predicted molar refractivity (Wildman–Crippen MR) is 73.0 cm³/mol. The zero-order valence-electron chi connectivity index (χ0n) is 11.4. The Morgan fingerprint density at radius 3 is 2.39 bits per heavy atom. The highest BCUT2D eigenvalue weighted by atomic mass is 16.3. The normalized spacial score (nSPS) is 13.3. The largest absolute Gasteiger partial charge is 0.387 e. The summed E-state index contributed by atoms with van der Waals surface area (Å²) in [6.07, 6.45) is -0.0252. The number of benzene rings is 1. The molecule has 0 aliphatic rings. The summed E-state index contributed by atoms with van der Waals surface area (Å²) < 4.78 is 0. The van der Waals surface area contributed by atoms with Gasteiger partial charge in [0.15, 0.2) is 0 Å². The fraction of sp³-hybridized carbons (Fsp3) is 0.533. The number of hydrogen-bond acceptors (Lipinski definition) is 3. The van der Waals surface area contributed by atoms with Crippen LogP contribution in [0.1, 0.15) is 38.9 Å². The minimum absolute atomic E-state index is 0.0490. The number of β-amino-alcohol motifs (C(OH)–C–C–N with tert-alkyl or cyclic N) is 1. The lowest BCUT2D eigenvalue weighted by atomic mass is 10.0. The highest BCUT2D eigenvalue weighted by Crippen LogP contribution is 2.20. The van der Waals surface area contributed by atoms with Crippen molar-refractivity contribution in [1.29, 1.82) is 5.26 Å². The number of aliphatic hydroxyl groups excluding tert-OH is 1. The molecule has 3 nitrogen and oxygen atoms in total. The maximum Gasteiger partial charge on any atom is 0.0917 e. The van der Waals surface area contributed by atoms with Gasteiger partial charge in [-0.1, -0.05) is 30.3 Å². The molecule has 1 aromatic carbocycles. The molecule has 0 amide bonds. The molecule has 0 spiro atoms. The second-order valence-corrected chi connectivity index (χ2v) is 5.45. The number of nitrogens with zero attached hydrogens (tertiary/aromatic N) is 2. The van der Waals surface area contributed by atoms with E-state index in [0.717, 1.165) is 5.56 Å². The fourth-order valence-corrected chi connectivity index (χ4v) is 1.87. The van der Waals surface area contributed by atoms with E-state index < -0.39 is 6.10 Å². The van der Waals surface area contributed by atoms with Gasteiger partial charge in [0.05, 0.1) is 12.2 Å². The van der Waals surface area contributed by atoms with Crippen LogP contribution < -0.4 is 0 Å². The van der Waals surface area contributed by atoms with E-state index in [1.54, 1.807) is 0 Å². The minimum atomic E-state index is -0.510. The summed E-state index contributed by atoms with van der Waals surface area (Å²) in [5, 5.41) is 18.9. The average molecular weight is 246 g/mol. The van der Waals surface area contributed by atoms with E-state index in [1.807, 2.05) is 30.3 Å². The maximum absolute atomic E-state index is 10.2. The Bertz CT molecular complexity index is 389. The molecule has 0 aromatic heterocycles. The Balaban J connectivity index is 2.69.